The lowest BCUT2D eigenvalue weighted by Gasteiger charge is -2.07. The Morgan fingerprint density at radius 1 is 1.43 bits per heavy atom. The largest absolute Gasteiger partial charge is 0.478 e. The Morgan fingerprint density at radius 2 is 2.14 bits per heavy atom. The van der Waals surface area contributed by atoms with Crippen LogP contribution in [0.1, 0.15) is 16.1 Å². The Balaban J connectivity index is 2.21. The Labute approximate surface area is 126 Å². The van der Waals surface area contributed by atoms with Gasteiger partial charge in [0.05, 0.1) is 39.7 Å². The van der Waals surface area contributed by atoms with Crippen LogP contribution in [0.2, 0.25) is 5.02 Å². The van der Waals surface area contributed by atoms with E-state index in [9.17, 15) is 13.2 Å². The lowest BCUT2D eigenvalue weighted by Crippen LogP contribution is -2.15. The normalized spacial score (nSPS) is 11.5. The number of nitrogens with zero attached hydrogens (tertiary/aromatic N) is 2. The smallest absolute Gasteiger partial charge is 0.335 e. The van der Waals surface area contributed by atoms with E-state index in [0.717, 1.165) is 6.07 Å². The van der Waals surface area contributed by atoms with Gasteiger partial charge in [0.25, 0.3) is 0 Å². The maximum absolute atomic E-state index is 12.2. The summed E-state index contributed by atoms with van der Waals surface area (Å²) < 4.78 is 26.0. The second-order valence-electron chi connectivity index (χ2n) is 4.45. The average molecular weight is 329 g/mol. The molecular weight excluding hydrogens is 316 g/mol. The molecule has 0 radical (unpaired) electrons. The number of carbonyl (C=O) groups is 1. The van der Waals surface area contributed by atoms with Crippen molar-refractivity contribution < 1.29 is 18.3 Å². The van der Waals surface area contributed by atoms with Crippen LogP contribution in [0.3, 0.4) is 0 Å². The summed E-state index contributed by atoms with van der Waals surface area (Å²) in [7, 11) is -3.59. The molecule has 8 heteroatoms. The van der Waals surface area contributed by atoms with Crippen LogP contribution in [0, 0.1) is 6.92 Å². The van der Waals surface area contributed by atoms with Gasteiger partial charge < -0.3 is 5.11 Å². The van der Waals surface area contributed by atoms with Gasteiger partial charge in [-0.1, -0.05) is 17.7 Å². The summed E-state index contributed by atoms with van der Waals surface area (Å²) in [5.41, 5.74) is 0.626. The second kappa shape index (κ2) is 5.87. The molecule has 0 unspecified atom stereocenters. The van der Waals surface area contributed by atoms with Gasteiger partial charge in [0.15, 0.2) is 9.84 Å². The maximum atomic E-state index is 12.2. The molecule has 1 aromatic heterocycles. The highest BCUT2D eigenvalue weighted by molar-refractivity contribution is 7.91. The van der Waals surface area contributed by atoms with Crippen molar-refractivity contribution in [3.63, 3.8) is 0 Å². The summed E-state index contributed by atoms with van der Waals surface area (Å²) in [5, 5.41) is 13.4. The Morgan fingerprint density at radius 3 is 2.71 bits per heavy atom. The number of halogens is 1. The molecule has 0 aliphatic rings. The number of sulfone groups is 1. The van der Waals surface area contributed by atoms with E-state index in [1.54, 1.807) is 6.92 Å². The van der Waals surface area contributed by atoms with Gasteiger partial charge in [-0.3, -0.25) is 4.68 Å². The first-order chi connectivity index (χ1) is 9.81. The minimum Gasteiger partial charge on any atom is -0.478 e. The van der Waals surface area contributed by atoms with Gasteiger partial charge in [0.2, 0.25) is 0 Å². The van der Waals surface area contributed by atoms with Gasteiger partial charge in [-0.25, -0.2) is 13.2 Å². The number of hydrogen-bond acceptors (Lipinski definition) is 4. The number of aryl methyl sites for hydroxylation is 1. The number of rotatable bonds is 5. The van der Waals surface area contributed by atoms with Crippen LogP contribution in [0.15, 0.2) is 35.4 Å². The van der Waals surface area contributed by atoms with Crippen LogP contribution < -0.4 is 0 Å². The molecule has 2 rings (SSSR count). The molecule has 112 valence electrons. The van der Waals surface area contributed by atoms with E-state index in [-0.39, 0.29) is 22.8 Å². The number of aromatic carboxylic acids is 1. The Bertz CT molecular complexity index is 783. The molecule has 0 aliphatic heterocycles. The third kappa shape index (κ3) is 3.43. The number of carboxylic acids is 1. The van der Waals surface area contributed by atoms with Crippen molar-refractivity contribution in [1.29, 1.82) is 0 Å². The molecule has 0 fully saturated rings. The van der Waals surface area contributed by atoms with Gasteiger partial charge in [0, 0.05) is 0 Å². The fourth-order valence-corrected chi connectivity index (χ4v) is 3.18. The highest BCUT2D eigenvalue weighted by Gasteiger charge is 2.17. The van der Waals surface area contributed by atoms with Gasteiger partial charge in [-0.15, -0.1) is 0 Å². The lowest BCUT2D eigenvalue weighted by molar-refractivity contribution is 0.0696. The molecule has 0 amide bonds. The minimum atomic E-state index is -3.59. The van der Waals surface area contributed by atoms with Crippen LogP contribution in [0.25, 0.3) is 0 Å². The Kier molecular flexibility index (Phi) is 4.34. The highest BCUT2D eigenvalue weighted by atomic mass is 35.5. The summed E-state index contributed by atoms with van der Waals surface area (Å²) in [6, 6.07) is 5.29. The van der Waals surface area contributed by atoms with Gasteiger partial charge >= 0.3 is 5.97 Å². The molecule has 0 saturated heterocycles. The van der Waals surface area contributed by atoms with Crippen molar-refractivity contribution in [2.24, 2.45) is 0 Å². The first kappa shape index (κ1) is 15.5. The fraction of sp³-hybridized carbons (Fsp3) is 0.231. The zero-order valence-electron chi connectivity index (χ0n) is 11.2. The van der Waals surface area contributed by atoms with E-state index in [1.807, 2.05) is 0 Å². The molecule has 6 nitrogen and oxygen atoms in total. The predicted molar refractivity (Wildman–Crippen MR) is 77.4 cm³/mol. The van der Waals surface area contributed by atoms with Crippen LogP contribution in [0.4, 0.5) is 0 Å². The van der Waals surface area contributed by atoms with Gasteiger partial charge in [0.1, 0.15) is 0 Å². The third-order valence-electron chi connectivity index (χ3n) is 3.06. The Hall–Kier alpha value is -1.86. The third-order valence-corrected chi connectivity index (χ3v) is 5.12. The zero-order valence-corrected chi connectivity index (χ0v) is 12.7. The summed E-state index contributed by atoms with van der Waals surface area (Å²) in [6.07, 6.45) is 1.45. The van der Waals surface area contributed by atoms with Gasteiger partial charge in [-0.05, 0) is 25.1 Å². The van der Waals surface area contributed by atoms with Gasteiger partial charge in [-0.2, -0.15) is 5.10 Å². The lowest BCUT2D eigenvalue weighted by atomic mass is 10.2. The molecule has 0 spiro atoms. The van der Waals surface area contributed by atoms with Crippen LogP contribution in [-0.2, 0) is 16.4 Å². The van der Waals surface area contributed by atoms with E-state index < -0.39 is 15.8 Å². The van der Waals surface area contributed by atoms with E-state index in [1.165, 1.54) is 29.1 Å². The van der Waals surface area contributed by atoms with E-state index in [0.29, 0.717) is 10.7 Å². The monoisotopic (exact) mass is 328 g/mol. The molecule has 1 heterocycles. The molecule has 0 aliphatic carbocycles. The summed E-state index contributed by atoms with van der Waals surface area (Å²) >= 11 is 5.85. The van der Waals surface area contributed by atoms with E-state index in [2.05, 4.69) is 5.10 Å². The molecule has 1 aromatic carbocycles. The standard InChI is InChI=1S/C13H13ClN2O4S/c1-9-12(14)8-15-16(9)5-6-21(19,20)11-4-2-3-10(7-11)13(17)18/h2-4,7-8H,5-6H2,1H3,(H,17,18). The van der Waals surface area contributed by atoms with Crippen molar-refractivity contribution in [1.82, 2.24) is 9.78 Å². The molecule has 1 N–H and O–H groups in total. The summed E-state index contributed by atoms with van der Waals surface area (Å²) in [6.45, 7) is 1.89. The molecule has 0 atom stereocenters. The minimum absolute atomic E-state index is 0.0155. The predicted octanol–water partition coefficient (Wildman–Crippen LogP) is 2.02. The maximum Gasteiger partial charge on any atom is 0.335 e. The number of aromatic nitrogens is 2. The van der Waals surface area contributed by atoms with Crippen molar-refractivity contribution in [3.8, 4) is 0 Å². The molecular formula is C13H13ClN2O4S. The summed E-state index contributed by atoms with van der Waals surface area (Å²) in [4.78, 5) is 10.9. The van der Waals surface area contributed by atoms with Crippen molar-refractivity contribution >= 4 is 27.4 Å². The highest BCUT2D eigenvalue weighted by Crippen LogP contribution is 2.16. The zero-order chi connectivity index (χ0) is 15.6. The summed E-state index contributed by atoms with van der Waals surface area (Å²) in [5.74, 6) is -1.35. The fourth-order valence-electron chi connectivity index (χ4n) is 1.80. The van der Waals surface area contributed by atoms with Crippen molar-refractivity contribution in [2.75, 3.05) is 5.75 Å². The van der Waals surface area contributed by atoms with E-state index in [4.69, 9.17) is 16.7 Å². The first-order valence-electron chi connectivity index (χ1n) is 6.05. The quantitative estimate of drug-likeness (QED) is 0.907. The average Bonchev–Trinajstić information content (AvgIpc) is 2.77. The van der Waals surface area contributed by atoms with E-state index >= 15 is 0 Å². The number of hydrogen-bond donors (Lipinski definition) is 1. The second-order valence-corrected chi connectivity index (χ2v) is 6.97. The molecule has 21 heavy (non-hydrogen) atoms. The molecule has 0 saturated carbocycles. The van der Waals surface area contributed by atoms with Crippen molar-refractivity contribution in [2.45, 2.75) is 18.4 Å². The molecule has 0 bridgehead atoms. The number of carboxylic acid groups (broad SMARTS) is 1. The topological polar surface area (TPSA) is 89.3 Å². The SMILES string of the molecule is Cc1c(Cl)cnn1CCS(=O)(=O)c1cccc(C(=O)O)c1. The van der Waals surface area contributed by atoms with Crippen LogP contribution >= 0.6 is 11.6 Å². The van der Waals surface area contributed by atoms with Crippen molar-refractivity contribution in [3.05, 3.63) is 46.7 Å². The van der Waals surface area contributed by atoms with Crippen LogP contribution in [-0.4, -0.2) is 35.0 Å². The first-order valence-corrected chi connectivity index (χ1v) is 8.08. The number of benzene rings is 1. The molecule has 2 aromatic rings. The van der Waals surface area contributed by atoms with Crippen LogP contribution in [0.5, 0.6) is 0 Å².